The molecule has 0 aliphatic heterocycles. The lowest BCUT2D eigenvalue weighted by Gasteiger charge is -2.09. The number of esters is 1. The standard InChI is InChI=1S/C11H14N2O5/c1-7-3-4-9(13(15)16)11(12)8(7)5-18-6-10(14)17-2/h3-4H,5-6,12H2,1-2H3. The van der Waals surface area contributed by atoms with Crippen molar-refractivity contribution in [3.05, 3.63) is 33.4 Å². The van der Waals surface area contributed by atoms with E-state index in [2.05, 4.69) is 4.74 Å². The van der Waals surface area contributed by atoms with Crippen LogP contribution in [-0.2, 0) is 20.9 Å². The van der Waals surface area contributed by atoms with E-state index in [0.717, 1.165) is 5.56 Å². The average Bonchev–Trinajstić information content (AvgIpc) is 2.32. The van der Waals surface area contributed by atoms with E-state index in [-0.39, 0.29) is 24.6 Å². The van der Waals surface area contributed by atoms with E-state index in [1.54, 1.807) is 13.0 Å². The fourth-order valence-corrected chi connectivity index (χ4v) is 1.41. The molecule has 2 N–H and O–H groups in total. The number of carbonyl (C=O) groups excluding carboxylic acids is 1. The van der Waals surface area contributed by atoms with E-state index in [9.17, 15) is 14.9 Å². The van der Waals surface area contributed by atoms with Crippen molar-refractivity contribution in [2.45, 2.75) is 13.5 Å². The fourth-order valence-electron chi connectivity index (χ4n) is 1.41. The smallest absolute Gasteiger partial charge is 0.331 e. The van der Waals surface area contributed by atoms with E-state index in [1.165, 1.54) is 13.2 Å². The van der Waals surface area contributed by atoms with Crippen LogP contribution < -0.4 is 5.73 Å². The Kier molecular flexibility index (Phi) is 4.61. The van der Waals surface area contributed by atoms with Gasteiger partial charge >= 0.3 is 5.97 Å². The Bertz CT molecular complexity index is 473. The van der Waals surface area contributed by atoms with Gasteiger partial charge in [-0.2, -0.15) is 0 Å². The van der Waals surface area contributed by atoms with Crippen LogP contribution in [0, 0.1) is 17.0 Å². The molecule has 0 bridgehead atoms. The third-order valence-electron chi connectivity index (χ3n) is 2.46. The van der Waals surface area contributed by atoms with Crippen molar-refractivity contribution in [2.24, 2.45) is 0 Å². The highest BCUT2D eigenvalue weighted by Gasteiger charge is 2.17. The van der Waals surface area contributed by atoms with Crippen LogP contribution in [-0.4, -0.2) is 24.6 Å². The van der Waals surface area contributed by atoms with Crippen LogP contribution >= 0.6 is 0 Å². The Labute approximate surface area is 104 Å². The highest BCUT2D eigenvalue weighted by atomic mass is 16.6. The molecule has 1 aromatic carbocycles. The van der Waals surface area contributed by atoms with Gasteiger partial charge < -0.3 is 15.2 Å². The molecule has 0 fully saturated rings. The van der Waals surface area contributed by atoms with E-state index in [1.807, 2.05) is 0 Å². The minimum Gasteiger partial charge on any atom is -0.467 e. The topological polar surface area (TPSA) is 105 Å². The number of nitrogen functional groups attached to an aromatic ring is 1. The van der Waals surface area contributed by atoms with Gasteiger partial charge in [0.25, 0.3) is 5.69 Å². The maximum absolute atomic E-state index is 10.9. The summed E-state index contributed by atoms with van der Waals surface area (Å²) >= 11 is 0. The number of methoxy groups -OCH3 is 1. The second-order valence-corrected chi connectivity index (χ2v) is 3.62. The first-order valence-corrected chi connectivity index (χ1v) is 5.14. The second kappa shape index (κ2) is 5.97. The van der Waals surface area contributed by atoms with Gasteiger partial charge in [-0.3, -0.25) is 10.1 Å². The molecule has 0 saturated carbocycles. The normalized spacial score (nSPS) is 10.1. The molecule has 0 unspecified atom stereocenters. The average molecular weight is 254 g/mol. The number of carbonyl (C=O) groups is 1. The number of nitro groups is 1. The van der Waals surface area contributed by atoms with Crippen molar-refractivity contribution >= 4 is 17.3 Å². The molecule has 7 nitrogen and oxygen atoms in total. The first-order valence-electron chi connectivity index (χ1n) is 5.14. The number of benzene rings is 1. The highest BCUT2D eigenvalue weighted by molar-refractivity contribution is 5.70. The predicted molar refractivity (Wildman–Crippen MR) is 63.9 cm³/mol. The summed E-state index contributed by atoms with van der Waals surface area (Å²) in [6.07, 6.45) is 0. The van der Waals surface area contributed by atoms with Crippen LogP contribution in [0.4, 0.5) is 11.4 Å². The van der Waals surface area contributed by atoms with Gasteiger partial charge in [0.2, 0.25) is 0 Å². The molecular formula is C11H14N2O5. The third-order valence-corrected chi connectivity index (χ3v) is 2.46. The van der Waals surface area contributed by atoms with Crippen LogP contribution in [0.25, 0.3) is 0 Å². The molecule has 7 heteroatoms. The summed E-state index contributed by atoms with van der Waals surface area (Å²) in [4.78, 5) is 21.0. The molecule has 0 spiro atoms. The number of aryl methyl sites for hydroxylation is 1. The highest BCUT2D eigenvalue weighted by Crippen LogP contribution is 2.28. The number of nitrogens with zero attached hydrogens (tertiary/aromatic N) is 1. The van der Waals surface area contributed by atoms with Crippen molar-refractivity contribution < 1.29 is 19.2 Å². The minimum absolute atomic E-state index is 0.0223. The van der Waals surface area contributed by atoms with Crippen LogP contribution in [0.5, 0.6) is 0 Å². The second-order valence-electron chi connectivity index (χ2n) is 3.62. The van der Waals surface area contributed by atoms with Gasteiger partial charge in [0.05, 0.1) is 18.6 Å². The summed E-state index contributed by atoms with van der Waals surface area (Å²) in [7, 11) is 1.25. The maximum Gasteiger partial charge on any atom is 0.331 e. The number of hydrogen-bond acceptors (Lipinski definition) is 6. The van der Waals surface area contributed by atoms with Gasteiger partial charge in [0.1, 0.15) is 12.3 Å². The molecule has 1 rings (SSSR count). The number of rotatable bonds is 5. The largest absolute Gasteiger partial charge is 0.467 e. The molecule has 0 atom stereocenters. The summed E-state index contributed by atoms with van der Waals surface area (Å²) in [6.45, 7) is 1.56. The maximum atomic E-state index is 10.9. The molecule has 0 aromatic heterocycles. The van der Waals surface area contributed by atoms with Gasteiger partial charge in [0, 0.05) is 11.6 Å². The Morgan fingerprint density at radius 2 is 2.17 bits per heavy atom. The molecule has 1 aromatic rings. The number of hydrogen-bond donors (Lipinski definition) is 1. The van der Waals surface area contributed by atoms with Gasteiger partial charge in [-0.25, -0.2) is 4.79 Å². The van der Waals surface area contributed by atoms with Crippen LogP contribution in [0.2, 0.25) is 0 Å². The van der Waals surface area contributed by atoms with Crippen molar-refractivity contribution in [3.63, 3.8) is 0 Å². The molecule has 98 valence electrons. The number of anilines is 1. The van der Waals surface area contributed by atoms with E-state index < -0.39 is 10.9 Å². The zero-order valence-electron chi connectivity index (χ0n) is 10.1. The molecule has 0 radical (unpaired) electrons. The summed E-state index contributed by atoms with van der Waals surface area (Å²) in [5, 5.41) is 10.7. The molecule has 18 heavy (non-hydrogen) atoms. The molecule has 0 aliphatic carbocycles. The summed E-state index contributed by atoms with van der Waals surface area (Å²) in [6, 6.07) is 2.93. The SMILES string of the molecule is COC(=O)COCc1c(C)ccc([N+](=O)[O-])c1N. The third kappa shape index (κ3) is 3.17. The first kappa shape index (κ1) is 13.9. The summed E-state index contributed by atoms with van der Waals surface area (Å²) < 4.78 is 9.50. The van der Waals surface area contributed by atoms with Gasteiger partial charge in [0.15, 0.2) is 0 Å². The zero-order chi connectivity index (χ0) is 13.7. The lowest BCUT2D eigenvalue weighted by molar-refractivity contribution is -0.384. The van der Waals surface area contributed by atoms with Crippen LogP contribution in [0.15, 0.2) is 12.1 Å². The summed E-state index contributed by atoms with van der Waals surface area (Å²) in [5.74, 6) is -0.517. The number of ether oxygens (including phenoxy) is 2. The molecule has 0 aliphatic rings. The Morgan fingerprint density at radius 1 is 1.50 bits per heavy atom. The van der Waals surface area contributed by atoms with Crippen molar-refractivity contribution in [1.29, 1.82) is 0 Å². The number of nitro benzene ring substituents is 1. The zero-order valence-corrected chi connectivity index (χ0v) is 10.1. The van der Waals surface area contributed by atoms with E-state index in [4.69, 9.17) is 10.5 Å². The van der Waals surface area contributed by atoms with Gasteiger partial charge in [-0.05, 0) is 12.5 Å². The summed E-state index contributed by atoms with van der Waals surface area (Å²) in [5.41, 5.74) is 6.86. The molecular weight excluding hydrogens is 240 g/mol. The Hall–Kier alpha value is -2.15. The number of nitrogens with two attached hydrogens (primary N) is 1. The monoisotopic (exact) mass is 254 g/mol. The van der Waals surface area contributed by atoms with Crippen LogP contribution in [0.1, 0.15) is 11.1 Å². The fraction of sp³-hybridized carbons (Fsp3) is 0.364. The predicted octanol–water partition coefficient (Wildman–Crippen LogP) is 1.18. The lowest BCUT2D eigenvalue weighted by Crippen LogP contribution is -2.11. The lowest BCUT2D eigenvalue weighted by atomic mass is 10.1. The molecule has 0 amide bonds. The van der Waals surface area contributed by atoms with E-state index >= 15 is 0 Å². The quantitative estimate of drug-likeness (QED) is 0.366. The Morgan fingerprint density at radius 3 is 2.72 bits per heavy atom. The molecule has 0 saturated heterocycles. The Balaban J connectivity index is 2.84. The van der Waals surface area contributed by atoms with Crippen molar-refractivity contribution in [3.8, 4) is 0 Å². The first-order chi connectivity index (χ1) is 8.47. The van der Waals surface area contributed by atoms with Crippen LogP contribution in [0.3, 0.4) is 0 Å². The van der Waals surface area contributed by atoms with Crippen molar-refractivity contribution in [2.75, 3.05) is 19.5 Å². The van der Waals surface area contributed by atoms with E-state index in [0.29, 0.717) is 5.56 Å². The van der Waals surface area contributed by atoms with Gasteiger partial charge in [-0.15, -0.1) is 0 Å². The molecule has 0 heterocycles. The van der Waals surface area contributed by atoms with Gasteiger partial charge in [-0.1, -0.05) is 6.07 Å². The minimum atomic E-state index is -0.557. The van der Waals surface area contributed by atoms with Crippen molar-refractivity contribution in [1.82, 2.24) is 0 Å².